The van der Waals surface area contributed by atoms with Gasteiger partial charge in [0.05, 0.1) is 6.04 Å². The number of amides is 2. The Hall–Kier alpha value is -1.97. The summed E-state index contributed by atoms with van der Waals surface area (Å²) < 4.78 is 0. The Morgan fingerprint density at radius 3 is 2.87 bits per heavy atom. The summed E-state index contributed by atoms with van der Waals surface area (Å²) >= 11 is 0. The van der Waals surface area contributed by atoms with Gasteiger partial charge in [0.15, 0.2) is 0 Å². The summed E-state index contributed by atoms with van der Waals surface area (Å²) in [5, 5.41) is 6.77. The van der Waals surface area contributed by atoms with Gasteiger partial charge >= 0.3 is 6.03 Å². The standard InChI is InChI=1S/C11H11N3O/c15-11-12-6-10(14-11)9-5-7-3-1-2-4-8(7)13-9/h1-5,10,13H,6H2,(H2,12,14,15). The number of urea groups is 1. The smallest absolute Gasteiger partial charge is 0.315 e. The molecule has 3 N–H and O–H groups in total. The summed E-state index contributed by atoms with van der Waals surface area (Å²) in [5.41, 5.74) is 2.16. The number of hydrogen-bond acceptors (Lipinski definition) is 1. The molecule has 1 aliphatic heterocycles. The highest BCUT2D eigenvalue weighted by atomic mass is 16.2. The van der Waals surface area contributed by atoms with Crippen molar-refractivity contribution in [2.45, 2.75) is 6.04 Å². The largest absolute Gasteiger partial charge is 0.357 e. The highest BCUT2D eigenvalue weighted by Crippen LogP contribution is 2.20. The van der Waals surface area contributed by atoms with Crippen LogP contribution in [-0.4, -0.2) is 17.6 Å². The van der Waals surface area contributed by atoms with Crippen molar-refractivity contribution in [3.8, 4) is 0 Å². The van der Waals surface area contributed by atoms with E-state index in [0.29, 0.717) is 6.54 Å². The van der Waals surface area contributed by atoms with Gasteiger partial charge in [0.2, 0.25) is 0 Å². The van der Waals surface area contributed by atoms with Gasteiger partial charge in [0.1, 0.15) is 0 Å². The Kier molecular flexibility index (Phi) is 1.68. The lowest BCUT2D eigenvalue weighted by Gasteiger charge is -2.04. The van der Waals surface area contributed by atoms with E-state index in [2.05, 4.69) is 27.8 Å². The monoisotopic (exact) mass is 201 g/mol. The Morgan fingerprint density at radius 1 is 1.27 bits per heavy atom. The predicted molar refractivity (Wildman–Crippen MR) is 57.6 cm³/mol. The molecule has 2 heterocycles. The van der Waals surface area contributed by atoms with Crippen molar-refractivity contribution in [1.82, 2.24) is 15.6 Å². The first-order chi connectivity index (χ1) is 7.33. The van der Waals surface area contributed by atoms with Crippen molar-refractivity contribution in [3.05, 3.63) is 36.0 Å². The van der Waals surface area contributed by atoms with Crippen molar-refractivity contribution < 1.29 is 4.79 Å². The summed E-state index contributed by atoms with van der Waals surface area (Å²) in [5.74, 6) is 0. The van der Waals surface area contributed by atoms with Gasteiger partial charge in [-0.3, -0.25) is 0 Å². The van der Waals surface area contributed by atoms with Gasteiger partial charge in [-0.1, -0.05) is 18.2 Å². The van der Waals surface area contributed by atoms with E-state index in [0.717, 1.165) is 11.2 Å². The zero-order valence-electron chi connectivity index (χ0n) is 8.08. The third kappa shape index (κ3) is 1.34. The second kappa shape index (κ2) is 3.02. The van der Waals surface area contributed by atoms with Crippen LogP contribution < -0.4 is 10.6 Å². The van der Waals surface area contributed by atoms with Crippen molar-refractivity contribution in [1.29, 1.82) is 0 Å². The third-order valence-electron chi connectivity index (χ3n) is 2.70. The van der Waals surface area contributed by atoms with E-state index in [9.17, 15) is 4.79 Å². The van der Waals surface area contributed by atoms with Crippen LogP contribution in [0.2, 0.25) is 0 Å². The first kappa shape index (κ1) is 8.35. The molecule has 3 rings (SSSR count). The number of carbonyl (C=O) groups excluding carboxylic acids is 1. The fourth-order valence-corrected chi connectivity index (χ4v) is 1.93. The molecule has 1 fully saturated rings. The first-order valence-corrected chi connectivity index (χ1v) is 4.95. The molecule has 4 nitrogen and oxygen atoms in total. The number of nitrogens with one attached hydrogen (secondary N) is 3. The molecule has 1 aromatic carbocycles. The molecule has 0 radical (unpaired) electrons. The molecule has 15 heavy (non-hydrogen) atoms. The van der Waals surface area contributed by atoms with E-state index < -0.39 is 0 Å². The predicted octanol–water partition coefficient (Wildman–Crippen LogP) is 1.52. The lowest BCUT2D eigenvalue weighted by atomic mass is 10.2. The van der Waals surface area contributed by atoms with Crippen LogP contribution in [0.4, 0.5) is 4.79 Å². The minimum Gasteiger partial charge on any atom is -0.357 e. The van der Waals surface area contributed by atoms with Crippen molar-refractivity contribution >= 4 is 16.9 Å². The van der Waals surface area contributed by atoms with Crippen molar-refractivity contribution in [3.63, 3.8) is 0 Å². The van der Waals surface area contributed by atoms with E-state index in [1.54, 1.807) is 0 Å². The molecule has 0 bridgehead atoms. The number of benzene rings is 1. The van der Waals surface area contributed by atoms with Gasteiger partial charge in [-0.05, 0) is 17.5 Å². The number of aromatic amines is 1. The average Bonchev–Trinajstić information content (AvgIpc) is 2.82. The van der Waals surface area contributed by atoms with Crippen LogP contribution in [-0.2, 0) is 0 Å². The molecule has 2 aromatic rings. The molecule has 1 aliphatic rings. The number of carbonyl (C=O) groups is 1. The topological polar surface area (TPSA) is 56.9 Å². The molecule has 76 valence electrons. The maximum atomic E-state index is 11.0. The summed E-state index contributed by atoms with van der Waals surface area (Å²) in [6.45, 7) is 0.644. The number of H-pyrrole nitrogens is 1. The Balaban J connectivity index is 2.01. The molecule has 1 unspecified atom stereocenters. The maximum Gasteiger partial charge on any atom is 0.315 e. The molecule has 0 spiro atoms. The zero-order chi connectivity index (χ0) is 10.3. The van der Waals surface area contributed by atoms with Crippen molar-refractivity contribution in [2.75, 3.05) is 6.54 Å². The van der Waals surface area contributed by atoms with Crippen LogP contribution in [0, 0.1) is 0 Å². The molecular formula is C11H11N3O. The van der Waals surface area contributed by atoms with E-state index in [1.165, 1.54) is 5.39 Å². The summed E-state index contributed by atoms with van der Waals surface area (Å²) in [6, 6.07) is 10.1. The Bertz CT molecular complexity index is 484. The highest BCUT2D eigenvalue weighted by Gasteiger charge is 2.22. The van der Waals surface area contributed by atoms with E-state index in [1.807, 2.05) is 18.2 Å². The van der Waals surface area contributed by atoms with E-state index >= 15 is 0 Å². The maximum absolute atomic E-state index is 11.0. The second-order valence-electron chi connectivity index (χ2n) is 3.72. The molecule has 2 amide bonds. The summed E-state index contributed by atoms with van der Waals surface area (Å²) in [4.78, 5) is 14.3. The fraction of sp³-hybridized carbons (Fsp3) is 0.182. The van der Waals surface area contributed by atoms with Crippen LogP contribution in [0.1, 0.15) is 11.7 Å². The van der Waals surface area contributed by atoms with Crippen LogP contribution in [0.5, 0.6) is 0 Å². The minimum absolute atomic E-state index is 0.0601. The fourth-order valence-electron chi connectivity index (χ4n) is 1.93. The second-order valence-corrected chi connectivity index (χ2v) is 3.72. The third-order valence-corrected chi connectivity index (χ3v) is 2.70. The van der Waals surface area contributed by atoms with Gasteiger partial charge < -0.3 is 15.6 Å². The molecule has 4 heteroatoms. The molecule has 1 saturated heterocycles. The van der Waals surface area contributed by atoms with E-state index in [4.69, 9.17) is 0 Å². The first-order valence-electron chi connectivity index (χ1n) is 4.95. The lowest BCUT2D eigenvalue weighted by molar-refractivity contribution is 0.247. The van der Waals surface area contributed by atoms with Gasteiger partial charge in [-0.2, -0.15) is 0 Å². The molecular weight excluding hydrogens is 190 g/mol. The molecule has 1 atom stereocenters. The van der Waals surface area contributed by atoms with E-state index in [-0.39, 0.29) is 12.1 Å². The zero-order valence-corrected chi connectivity index (χ0v) is 8.08. The number of rotatable bonds is 1. The van der Waals surface area contributed by atoms with Crippen LogP contribution in [0.3, 0.4) is 0 Å². The van der Waals surface area contributed by atoms with Crippen LogP contribution >= 0.6 is 0 Å². The number of para-hydroxylation sites is 1. The van der Waals surface area contributed by atoms with Gasteiger partial charge in [0.25, 0.3) is 0 Å². The quantitative estimate of drug-likeness (QED) is 0.643. The van der Waals surface area contributed by atoms with Crippen LogP contribution in [0.25, 0.3) is 10.9 Å². The van der Waals surface area contributed by atoms with Crippen molar-refractivity contribution in [2.24, 2.45) is 0 Å². The Morgan fingerprint density at radius 2 is 2.13 bits per heavy atom. The summed E-state index contributed by atoms with van der Waals surface area (Å²) in [6.07, 6.45) is 0. The highest BCUT2D eigenvalue weighted by molar-refractivity contribution is 5.81. The van der Waals surface area contributed by atoms with Crippen LogP contribution in [0.15, 0.2) is 30.3 Å². The average molecular weight is 201 g/mol. The van der Waals surface area contributed by atoms with Gasteiger partial charge in [0, 0.05) is 17.8 Å². The summed E-state index contributed by atoms with van der Waals surface area (Å²) in [7, 11) is 0. The normalized spacial score (nSPS) is 20.3. The molecule has 0 saturated carbocycles. The lowest BCUT2D eigenvalue weighted by Crippen LogP contribution is -2.21. The number of hydrogen-bond donors (Lipinski definition) is 3. The van der Waals surface area contributed by atoms with Gasteiger partial charge in [-0.15, -0.1) is 0 Å². The van der Waals surface area contributed by atoms with Gasteiger partial charge in [-0.25, -0.2) is 4.79 Å². The SMILES string of the molecule is O=C1NCC(c2cc3ccccc3[nH]2)N1. The molecule has 1 aromatic heterocycles. The molecule has 0 aliphatic carbocycles. The Labute approximate surface area is 86.7 Å². The minimum atomic E-state index is -0.0985. The number of fused-ring (bicyclic) bond motifs is 1. The number of aromatic nitrogens is 1.